The van der Waals surface area contributed by atoms with E-state index in [0.717, 1.165) is 5.56 Å². The van der Waals surface area contributed by atoms with E-state index >= 15 is 0 Å². The number of carbonyl (C=O) groups is 2. The van der Waals surface area contributed by atoms with Gasteiger partial charge in [0, 0.05) is 26.0 Å². The number of ether oxygens (including phenoxy) is 2. The highest BCUT2D eigenvalue weighted by Gasteiger charge is 2.34. The third kappa shape index (κ3) is 4.27. The van der Waals surface area contributed by atoms with E-state index in [0.29, 0.717) is 29.2 Å². The van der Waals surface area contributed by atoms with Crippen LogP contribution in [0.25, 0.3) is 0 Å². The summed E-state index contributed by atoms with van der Waals surface area (Å²) in [7, 11) is 4.62. The van der Waals surface area contributed by atoms with Gasteiger partial charge in [0.1, 0.15) is 12.4 Å². The molecule has 2 aromatic carbocycles. The molecule has 0 N–H and O–H groups in total. The lowest BCUT2D eigenvalue weighted by Gasteiger charge is -2.25. The predicted molar refractivity (Wildman–Crippen MR) is 110 cm³/mol. The molecule has 7 nitrogen and oxygen atoms in total. The van der Waals surface area contributed by atoms with Gasteiger partial charge in [0.2, 0.25) is 5.91 Å². The number of rotatable bonds is 6. The number of hydrogen-bond donors (Lipinski definition) is 0. The maximum atomic E-state index is 14.4. The number of hydrogen-bond acceptors (Lipinski definition) is 5. The zero-order valence-corrected chi connectivity index (χ0v) is 17.4. The second kappa shape index (κ2) is 8.94. The molecule has 2 amide bonds. The van der Waals surface area contributed by atoms with Crippen molar-refractivity contribution in [2.24, 2.45) is 5.10 Å². The van der Waals surface area contributed by atoms with Gasteiger partial charge in [-0.25, -0.2) is 9.40 Å². The molecule has 158 valence electrons. The van der Waals surface area contributed by atoms with Crippen molar-refractivity contribution < 1.29 is 23.5 Å². The maximum Gasteiger partial charge on any atom is 0.262 e. The number of methoxy groups -OCH3 is 2. The molecule has 1 aliphatic rings. The fourth-order valence-corrected chi connectivity index (χ4v) is 3.30. The molecule has 0 fully saturated rings. The van der Waals surface area contributed by atoms with Gasteiger partial charge in [-0.05, 0) is 23.8 Å². The SMILES string of the molecule is COc1ccc(C2CC(c3ccccc3F)=NN2C(=O)CN(C)C(C)=O)cc1OC. The molecule has 1 atom stereocenters. The molecule has 0 saturated carbocycles. The van der Waals surface area contributed by atoms with Crippen LogP contribution in [0.1, 0.15) is 30.5 Å². The second-order valence-electron chi connectivity index (χ2n) is 6.97. The van der Waals surface area contributed by atoms with E-state index in [1.807, 2.05) is 6.07 Å². The van der Waals surface area contributed by atoms with Crippen molar-refractivity contribution in [1.82, 2.24) is 9.91 Å². The van der Waals surface area contributed by atoms with Crippen molar-refractivity contribution in [3.63, 3.8) is 0 Å². The second-order valence-corrected chi connectivity index (χ2v) is 6.97. The van der Waals surface area contributed by atoms with E-state index in [1.54, 1.807) is 44.5 Å². The summed E-state index contributed by atoms with van der Waals surface area (Å²) in [5.74, 6) is 0.0751. The molecule has 0 saturated heterocycles. The third-order valence-electron chi connectivity index (χ3n) is 5.05. The molecule has 2 aromatic rings. The molecule has 0 spiro atoms. The van der Waals surface area contributed by atoms with E-state index in [4.69, 9.17) is 9.47 Å². The van der Waals surface area contributed by atoms with Gasteiger partial charge in [-0.1, -0.05) is 24.3 Å². The summed E-state index contributed by atoms with van der Waals surface area (Å²) in [4.78, 5) is 25.8. The van der Waals surface area contributed by atoms with Gasteiger partial charge in [0.25, 0.3) is 5.91 Å². The van der Waals surface area contributed by atoms with E-state index < -0.39 is 11.9 Å². The van der Waals surface area contributed by atoms with E-state index in [-0.39, 0.29) is 18.4 Å². The average molecular weight is 413 g/mol. The summed E-state index contributed by atoms with van der Waals surface area (Å²) in [6.45, 7) is 1.25. The van der Waals surface area contributed by atoms with Crippen LogP contribution in [-0.4, -0.2) is 55.2 Å². The van der Waals surface area contributed by atoms with Crippen LogP contribution in [0.4, 0.5) is 4.39 Å². The normalized spacial score (nSPS) is 15.6. The Kier molecular flexibility index (Phi) is 6.34. The molecule has 0 radical (unpaired) electrons. The summed E-state index contributed by atoms with van der Waals surface area (Å²) in [5.41, 5.74) is 1.58. The van der Waals surface area contributed by atoms with Crippen molar-refractivity contribution >= 4 is 17.5 Å². The van der Waals surface area contributed by atoms with Crippen LogP contribution in [0.3, 0.4) is 0 Å². The fourth-order valence-electron chi connectivity index (χ4n) is 3.30. The molecule has 1 aliphatic heterocycles. The van der Waals surface area contributed by atoms with Crippen molar-refractivity contribution in [3.8, 4) is 11.5 Å². The summed E-state index contributed by atoms with van der Waals surface area (Å²) in [5, 5.41) is 5.76. The van der Waals surface area contributed by atoms with Gasteiger partial charge in [0.15, 0.2) is 11.5 Å². The summed E-state index contributed by atoms with van der Waals surface area (Å²) in [6, 6.07) is 11.2. The van der Waals surface area contributed by atoms with Crippen LogP contribution >= 0.6 is 0 Å². The van der Waals surface area contributed by atoms with E-state index in [2.05, 4.69) is 5.10 Å². The third-order valence-corrected chi connectivity index (χ3v) is 5.05. The fraction of sp³-hybridized carbons (Fsp3) is 0.318. The van der Waals surface area contributed by atoms with Crippen LogP contribution in [0, 0.1) is 5.82 Å². The molecule has 1 unspecified atom stereocenters. The number of nitrogens with zero attached hydrogens (tertiary/aromatic N) is 3. The smallest absolute Gasteiger partial charge is 0.262 e. The lowest BCUT2D eigenvalue weighted by molar-refractivity contribution is -0.139. The van der Waals surface area contributed by atoms with Crippen LogP contribution in [0.15, 0.2) is 47.6 Å². The number of hydrazone groups is 1. The Morgan fingerprint density at radius 2 is 1.87 bits per heavy atom. The van der Waals surface area contributed by atoms with Gasteiger partial charge in [-0.2, -0.15) is 5.10 Å². The Labute approximate surface area is 174 Å². The van der Waals surface area contributed by atoms with Gasteiger partial charge in [-0.15, -0.1) is 0 Å². The van der Waals surface area contributed by atoms with Crippen molar-refractivity contribution in [1.29, 1.82) is 0 Å². The Hall–Kier alpha value is -3.42. The molecule has 0 bridgehead atoms. The first-order valence-electron chi connectivity index (χ1n) is 9.43. The van der Waals surface area contributed by atoms with Crippen LogP contribution in [0.2, 0.25) is 0 Å². The Bertz CT molecular complexity index is 992. The zero-order chi connectivity index (χ0) is 21.8. The number of benzene rings is 2. The van der Waals surface area contributed by atoms with E-state index in [1.165, 1.54) is 30.0 Å². The van der Waals surface area contributed by atoms with Gasteiger partial charge < -0.3 is 14.4 Å². The number of likely N-dealkylation sites (N-methyl/N-ethyl adjacent to an activating group) is 1. The van der Waals surface area contributed by atoms with Crippen molar-refractivity contribution in [2.75, 3.05) is 27.8 Å². The van der Waals surface area contributed by atoms with Gasteiger partial charge >= 0.3 is 0 Å². The quantitative estimate of drug-likeness (QED) is 0.730. The Balaban J connectivity index is 1.99. The summed E-state index contributed by atoms with van der Waals surface area (Å²) in [6.07, 6.45) is 0.325. The molecule has 0 aromatic heterocycles. The van der Waals surface area contributed by atoms with Crippen LogP contribution in [-0.2, 0) is 9.59 Å². The lowest BCUT2D eigenvalue weighted by Crippen LogP contribution is -2.38. The standard InChI is InChI=1S/C22H24FN3O4/c1-14(27)25(2)13-22(28)26-19(15-9-10-20(29-3)21(11-15)30-4)12-18(24-26)16-7-5-6-8-17(16)23/h5-11,19H,12-13H2,1-4H3. The highest BCUT2D eigenvalue weighted by Crippen LogP contribution is 2.37. The van der Waals surface area contributed by atoms with Gasteiger partial charge in [-0.3, -0.25) is 9.59 Å². The summed E-state index contributed by atoms with van der Waals surface area (Å²) >= 11 is 0. The molecular weight excluding hydrogens is 389 g/mol. The Morgan fingerprint density at radius 1 is 1.17 bits per heavy atom. The number of carbonyl (C=O) groups excluding carboxylic acids is 2. The minimum atomic E-state index is -0.465. The van der Waals surface area contributed by atoms with Gasteiger partial charge in [0.05, 0.1) is 26.0 Å². The maximum absolute atomic E-state index is 14.4. The minimum Gasteiger partial charge on any atom is -0.493 e. The van der Waals surface area contributed by atoms with Crippen LogP contribution < -0.4 is 9.47 Å². The van der Waals surface area contributed by atoms with Crippen molar-refractivity contribution in [3.05, 3.63) is 59.4 Å². The molecule has 30 heavy (non-hydrogen) atoms. The monoisotopic (exact) mass is 413 g/mol. The largest absolute Gasteiger partial charge is 0.493 e. The lowest BCUT2D eigenvalue weighted by atomic mass is 9.97. The molecule has 3 rings (SSSR count). The first kappa shape index (κ1) is 21.3. The molecule has 0 aliphatic carbocycles. The first-order chi connectivity index (χ1) is 14.3. The highest BCUT2D eigenvalue weighted by molar-refractivity contribution is 6.03. The zero-order valence-electron chi connectivity index (χ0n) is 17.4. The van der Waals surface area contributed by atoms with E-state index in [9.17, 15) is 14.0 Å². The molecule has 8 heteroatoms. The summed E-state index contributed by atoms with van der Waals surface area (Å²) < 4.78 is 25.0. The minimum absolute atomic E-state index is 0.132. The topological polar surface area (TPSA) is 71.4 Å². The number of amides is 2. The number of halogens is 1. The highest BCUT2D eigenvalue weighted by atomic mass is 19.1. The van der Waals surface area contributed by atoms with Crippen LogP contribution in [0.5, 0.6) is 11.5 Å². The Morgan fingerprint density at radius 3 is 2.50 bits per heavy atom. The predicted octanol–water partition coefficient (Wildman–Crippen LogP) is 3.00. The van der Waals surface area contributed by atoms with Crippen molar-refractivity contribution in [2.45, 2.75) is 19.4 Å². The molecular formula is C22H24FN3O4. The average Bonchev–Trinajstić information content (AvgIpc) is 3.18. The first-order valence-corrected chi connectivity index (χ1v) is 9.43. The molecule has 1 heterocycles.